The minimum atomic E-state index is -3.41. The van der Waals surface area contributed by atoms with Gasteiger partial charge in [-0.25, -0.2) is 0 Å². The molecular formula is C6H8F2O2. The Labute approximate surface area is 57.1 Å². The number of alkyl halides is 2. The first-order valence-corrected chi connectivity index (χ1v) is 3.00. The third-order valence-corrected chi connectivity index (χ3v) is 1.45. The Bertz CT molecular complexity index is 165. The fourth-order valence-corrected chi connectivity index (χ4v) is 0.776. The zero-order valence-corrected chi connectivity index (χ0v) is 5.47. The molecule has 0 aliphatic carbocycles. The molecule has 0 saturated heterocycles. The van der Waals surface area contributed by atoms with Gasteiger partial charge >= 0.3 is 6.11 Å². The van der Waals surface area contributed by atoms with E-state index in [2.05, 4.69) is 4.74 Å². The van der Waals surface area contributed by atoms with E-state index in [1.807, 2.05) is 0 Å². The van der Waals surface area contributed by atoms with Gasteiger partial charge in [-0.1, -0.05) is 6.92 Å². The molecule has 0 aromatic carbocycles. The summed E-state index contributed by atoms with van der Waals surface area (Å²) in [6.07, 6.45) is -3.86. The van der Waals surface area contributed by atoms with Crippen LogP contribution in [0.1, 0.15) is 13.3 Å². The van der Waals surface area contributed by atoms with Gasteiger partial charge in [-0.05, 0) is 6.42 Å². The number of halogens is 2. The first kappa shape index (κ1) is 7.47. The molecular weight excluding hydrogens is 142 g/mol. The van der Waals surface area contributed by atoms with Gasteiger partial charge in [-0.3, -0.25) is 0 Å². The van der Waals surface area contributed by atoms with Crippen molar-refractivity contribution in [3.8, 4) is 0 Å². The number of rotatable bonds is 1. The van der Waals surface area contributed by atoms with E-state index < -0.39 is 12.2 Å². The Morgan fingerprint density at radius 1 is 1.80 bits per heavy atom. The lowest BCUT2D eigenvalue weighted by Crippen LogP contribution is -2.30. The summed E-state index contributed by atoms with van der Waals surface area (Å²) in [5.74, 6) is 0. The van der Waals surface area contributed by atoms with Gasteiger partial charge in [0.05, 0.1) is 6.26 Å². The number of aliphatic hydroxyl groups excluding tert-OH is 1. The summed E-state index contributed by atoms with van der Waals surface area (Å²) in [7, 11) is 0. The van der Waals surface area contributed by atoms with Gasteiger partial charge in [0.15, 0.2) is 6.10 Å². The molecule has 10 heavy (non-hydrogen) atoms. The fourth-order valence-electron chi connectivity index (χ4n) is 0.776. The van der Waals surface area contributed by atoms with Crippen LogP contribution in [0.4, 0.5) is 8.78 Å². The molecule has 0 radical (unpaired) electrons. The number of aliphatic hydroxyl groups is 1. The van der Waals surface area contributed by atoms with Gasteiger partial charge in [0, 0.05) is 5.57 Å². The highest BCUT2D eigenvalue weighted by molar-refractivity contribution is 5.12. The van der Waals surface area contributed by atoms with Crippen LogP contribution in [0.15, 0.2) is 11.8 Å². The predicted octanol–water partition coefficient (Wildman–Crippen LogP) is 1.26. The lowest BCUT2D eigenvalue weighted by atomic mass is 10.1. The average molecular weight is 150 g/mol. The van der Waals surface area contributed by atoms with Crippen molar-refractivity contribution in [2.75, 3.05) is 0 Å². The summed E-state index contributed by atoms with van der Waals surface area (Å²) in [4.78, 5) is 0. The van der Waals surface area contributed by atoms with Gasteiger partial charge in [0.2, 0.25) is 0 Å². The van der Waals surface area contributed by atoms with Crippen LogP contribution < -0.4 is 0 Å². The Hall–Kier alpha value is -0.640. The summed E-state index contributed by atoms with van der Waals surface area (Å²) in [5, 5.41) is 8.77. The van der Waals surface area contributed by atoms with Crippen molar-refractivity contribution in [3.63, 3.8) is 0 Å². The standard InChI is InChI=1S/C6H8F2O2/c1-2-4-3-10-6(7,8)5(4)9/h3,5,9H,2H2,1H3. The molecule has 4 heteroatoms. The third kappa shape index (κ3) is 0.988. The maximum atomic E-state index is 12.3. The quantitative estimate of drug-likeness (QED) is 0.609. The van der Waals surface area contributed by atoms with Crippen LogP contribution in [-0.2, 0) is 4.74 Å². The Morgan fingerprint density at radius 2 is 2.40 bits per heavy atom. The normalized spacial score (nSPS) is 29.6. The zero-order chi connectivity index (χ0) is 7.78. The van der Waals surface area contributed by atoms with Crippen LogP contribution in [0, 0.1) is 0 Å². The van der Waals surface area contributed by atoms with Crippen LogP contribution in [0.2, 0.25) is 0 Å². The smallest absolute Gasteiger partial charge is 0.428 e. The van der Waals surface area contributed by atoms with Crippen molar-refractivity contribution in [3.05, 3.63) is 11.8 Å². The molecule has 0 spiro atoms. The molecule has 0 bridgehead atoms. The topological polar surface area (TPSA) is 29.5 Å². The van der Waals surface area contributed by atoms with E-state index in [-0.39, 0.29) is 5.57 Å². The molecule has 1 atom stereocenters. The highest BCUT2D eigenvalue weighted by Gasteiger charge is 2.46. The number of hydrogen-bond donors (Lipinski definition) is 1. The van der Waals surface area contributed by atoms with Crippen molar-refractivity contribution in [1.29, 1.82) is 0 Å². The summed E-state index contributed by atoms with van der Waals surface area (Å²) in [6, 6.07) is 0. The highest BCUT2D eigenvalue weighted by atomic mass is 19.3. The molecule has 1 heterocycles. The maximum absolute atomic E-state index is 12.3. The van der Waals surface area contributed by atoms with E-state index in [9.17, 15) is 8.78 Å². The van der Waals surface area contributed by atoms with Crippen LogP contribution in [0.5, 0.6) is 0 Å². The summed E-state index contributed by atoms with van der Waals surface area (Å²) in [5.41, 5.74) is 0.241. The molecule has 0 fully saturated rings. The average Bonchev–Trinajstić information content (AvgIpc) is 2.10. The van der Waals surface area contributed by atoms with Crippen molar-refractivity contribution >= 4 is 0 Å². The Kier molecular flexibility index (Phi) is 1.64. The van der Waals surface area contributed by atoms with E-state index in [1.165, 1.54) is 0 Å². The predicted molar refractivity (Wildman–Crippen MR) is 30.4 cm³/mol. The van der Waals surface area contributed by atoms with Crippen LogP contribution >= 0.6 is 0 Å². The monoisotopic (exact) mass is 150 g/mol. The third-order valence-electron chi connectivity index (χ3n) is 1.45. The largest absolute Gasteiger partial charge is 0.438 e. The van der Waals surface area contributed by atoms with Gasteiger partial charge in [0.25, 0.3) is 0 Å². The van der Waals surface area contributed by atoms with Gasteiger partial charge in [0.1, 0.15) is 0 Å². The number of hydrogen-bond acceptors (Lipinski definition) is 2. The molecule has 1 unspecified atom stereocenters. The fraction of sp³-hybridized carbons (Fsp3) is 0.667. The Morgan fingerprint density at radius 3 is 2.60 bits per heavy atom. The molecule has 1 aliphatic heterocycles. The first-order chi connectivity index (χ1) is 4.58. The van der Waals surface area contributed by atoms with Gasteiger partial charge in [-0.2, -0.15) is 8.78 Å². The second kappa shape index (κ2) is 2.20. The maximum Gasteiger partial charge on any atom is 0.428 e. The van der Waals surface area contributed by atoms with Gasteiger partial charge < -0.3 is 9.84 Å². The minimum Gasteiger partial charge on any atom is -0.438 e. The highest BCUT2D eigenvalue weighted by Crippen LogP contribution is 2.33. The number of ether oxygens (including phenoxy) is 1. The lowest BCUT2D eigenvalue weighted by Gasteiger charge is -2.13. The molecule has 0 saturated carbocycles. The van der Waals surface area contributed by atoms with Gasteiger partial charge in [-0.15, -0.1) is 0 Å². The molecule has 0 aromatic rings. The summed E-state index contributed by atoms with van der Waals surface area (Å²) in [6.45, 7) is 1.68. The molecule has 58 valence electrons. The van der Waals surface area contributed by atoms with E-state index in [1.54, 1.807) is 6.92 Å². The van der Waals surface area contributed by atoms with E-state index >= 15 is 0 Å². The summed E-state index contributed by atoms with van der Waals surface area (Å²) >= 11 is 0. The van der Waals surface area contributed by atoms with Crippen molar-refractivity contribution < 1.29 is 18.6 Å². The zero-order valence-electron chi connectivity index (χ0n) is 5.47. The SMILES string of the molecule is CCC1=COC(F)(F)C1O. The first-order valence-electron chi connectivity index (χ1n) is 3.00. The lowest BCUT2D eigenvalue weighted by molar-refractivity contribution is -0.235. The van der Waals surface area contributed by atoms with Crippen molar-refractivity contribution in [1.82, 2.24) is 0 Å². The van der Waals surface area contributed by atoms with E-state index in [4.69, 9.17) is 5.11 Å². The van der Waals surface area contributed by atoms with E-state index in [0.29, 0.717) is 6.42 Å². The molecule has 0 aromatic heterocycles. The molecule has 1 N–H and O–H groups in total. The molecule has 0 amide bonds. The van der Waals surface area contributed by atoms with Crippen LogP contribution in [0.25, 0.3) is 0 Å². The van der Waals surface area contributed by atoms with Crippen LogP contribution in [-0.4, -0.2) is 17.3 Å². The second-order valence-corrected chi connectivity index (χ2v) is 2.13. The second-order valence-electron chi connectivity index (χ2n) is 2.13. The Balaban J connectivity index is 2.69. The van der Waals surface area contributed by atoms with Crippen LogP contribution in [0.3, 0.4) is 0 Å². The molecule has 2 nitrogen and oxygen atoms in total. The van der Waals surface area contributed by atoms with Crippen molar-refractivity contribution in [2.45, 2.75) is 25.6 Å². The summed E-state index contributed by atoms with van der Waals surface area (Å²) < 4.78 is 28.4. The molecule has 1 rings (SSSR count). The van der Waals surface area contributed by atoms with E-state index in [0.717, 1.165) is 6.26 Å². The van der Waals surface area contributed by atoms with Crippen molar-refractivity contribution in [2.24, 2.45) is 0 Å². The molecule has 1 aliphatic rings. The minimum absolute atomic E-state index is 0.241.